The van der Waals surface area contributed by atoms with Gasteiger partial charge < -0.3 is 25.2 Å². The van der Waals surface area contributed by atoms with Crippen molar-refractivity contribution in [2.24, 2.45) is 4.99 Å². The molecule has 30 heavy (non-hydrogen) atoms. The molecule has 1 saturated heterocycles. The topological polar surface area (TPSA) is 78.4 Å². The maximum Gasteiger partial charge on any atom is 0.191 e. The molecule has 7 heteroatoms. The second-order valence-electron chi connectivity index (χ2n) is 8.25. The summed E-state index contributed by atoms with van der Waals surface area (Å²) in [6.45, 7) is 7.63. The zero-order valence-corrected chi connectivity index (χ0v) is 18.5. The Kier molecular flexibility index (Phi) is 8.78. The molecule has 1 atom stereocenters. The molecule has 0 aromatic heterocycles. The van der Waals surface area contributed by atoms with E-state index in [0.29, 0.717) is 6.54 Å². The van der Waals surface area contributed by atoms with Gasteiger partial charge in [0.15, 0.2) is 5.96 Å². The van der Waals surface area contributed by atoms with Crippen molar-refractivity contribution in [2.45, 2.75) is 50.7 Å². The fourth-order valence-electron chi connectivity index (χ4n) is 4.55. The number of benzene rings is 1. The van der Waals surface area contributed by atoms with E-state index in [9.17, 15) is 5.11 Å². The van der Waals surface area contributed by atoms with Crippen molar-refractivity contribution >= 4 is 5.96 Å². The van der Waals surface area contributed by atoms with Crippen molar-refractivity contribution < 1.29 is 14.6 Å². The first-order valence-corrected chi connectivity index (χ1v) is 11.3. The van der Waals surface area contributed by atoms with Gasteiger partial charge in [-0.3, -0.25) is 9.89 Å². The number of methoxy groups -OCH3 is 1. The normalized spacial score (nSPS) is 21.1. The van der Waals surface area contributed by atoms with Gasteiger partial charge in [-0.1, -0.05) is 31.4 Å². The van der Waals surface area contributed by atoms with Crippen LogP contribution >= 0.6 is 0 Å². The van der Waals surface area contributed by atoms with E-state index in [1.165, 1.54) is 32.1 Å². The highest BCUT2D eigenvalue weighted by molar-refractivity contribution is 5.79. The largest absolute Gasteiger partial charge is 0.497 e. The molecule has 0 amide bonds. The van der Waals surface area contributed by atoms with Crippen LogP contribution in [0.4, 0.5) is 0 Å². The van der Waals surface area contributed by atoms with E-state index in [-0.39, 0.29) is 5.54 Å². The van der Waals surface area contributed by atoms with Crippen molar-refractivity contribution in [3.63, 3.8) is 0 Å². The number of aliphatic hydroxyl groups is 1. The monoisotopic (exact) mass is 418 g/mol. The minimum absolute atomic E-state index is 0.135. The number of hydrogen-bond acceptors (Lipinski definition) is 5. The number of guanidine groups is 1. The van der Waals surface area contributed by atoms with Crippen LogP contribution in [0.2, 0.25) is 0 Å². The molecule has 2 fully saturated rings. The van der Waals surface area contributed by atoms with Crippen LogP contribution in [0.25, 0.3) is 0 Å². The minimum atomic E-state index is -0.633. The summed E-state index contributed by atoms with van der Waals surface area (Å²) in [4.78, 5) is 7.56. The molecule has 1 aliphatic carbocycles. The van der Waals surface area contributed by atoms with Crippen LogP contribution in [0.5, 0.6) is 5.75 Å². The molecule has 1 aromatic carbocycles. The van der Waals surface area contributed by atoms with Gasteiger partial charge >= 0.3 is 0 Å². The molecule has 0 spiro atoms. The van der Waals surface area contributed by atoms with E-state index in [1.54, 1.807) is 7.11 Å². The Hall–Kier alpha value is -1.83. The molecular weight excluding hydrogens is 380 g/mol. The van der Waals surface area contributed by atoms with Gasteiger partial charge in [0.1, 0.15) is 5.75 Å². The van der Waals surface area contributed by atoms with Crippen molar-refractivity contribution in [1.82, 2.24) is 15.5 Å². The van der Waals surface area contributed by atoms with Crippen LogP contribution < -0.4 is 15.4 Å². The van der Waals surface area contributed by atoms with E-state index in [0.717, 1.165) is 56.7 Å². The van der Waals surface area contributed by atoms with E-state index < -0.39 is 6.10 Å². The van der Waals surface area contributed by atoms with E-state index >= 15 is 0 Å². The number of nitrogens with zero attached hydrogens (tertiary/aromatic N) is 2. The summed E-state index contributed by atoms with van der Waals surface area (Å²) in [7, 11) is 1.63. The number of hydrogen-bond donors (Lipinski definition) is 3. The third kappa shape index (κ3) is 6.09. The molecule has 1 aromatic rings. The first-order valence-electron chi connectivity index (χ1n) is 11.3. The highest BCUT2D eigenvalue weighted by atomic mass is 16.5. The summed E-state index contributed by atoms with van der Waals surface area (Å²) in [5, 5.41) is 17.3. The molecular formula is C23H38N4O3. The highest BCUT2D eigenvalue weighted by Gasteiger charge is 2.38. The predicted octanol–water partition coefficient (Wildman–Crippen LogP) is 2.32. The molecule has 1 unspecified atom stereocenters. The Balaban J connectivity index is 1.64. The van der Waals surface area contributed by atoms with Crippen LogP contribution in [0.15, 0.2) is 29.3 Å². The molecule has 3 N–H and O–H groups in total. The van der Waals surface area contributed by atoms with Crippen LogP contribution in [0.3, 0.4) is 0 Å². The lowest BCUT2D eigenvalue weighted by molar-refractivity contribution is -0.0333. The zero-order chi connectivity index (χ0) is 21.2. The lowest BCUT2D eigenvalue weighted by atomic mass is 9.80. The predicted molar refractivity (Wildman–Crippen MR) is 120 cm³/mol. The fraction of sp³-hybridized carbons (Fsp3) is 0.696. The van der Waals surface area contributed by atoms with Crippen LogP contribution in [-0.2, 0) is 4.74 Å². The number of nitrogens with one attached hydrogen (secondary N) is 2. The second kappa shape index (κ2) is 11.5. The summed E-state index contributed by atoms with van der Waals surface area (Å²) >= 11 is 0. The Morgan fingerprint density at radius 3 is 2.70 bits per heavy atom. The maximum atomic E-state index is 10.6. The summed E-state index contributed by atoms with van der Waals surface area (Å²) in [6.07, 6.45) is 5.62. The maximum absolute atomic E-state index is 10.6. The highest BCUT2D eigenvalue weighted by Crippen LogP contribution is 2.34. The third-order valence-corrected chi connectivity index (χ3v) is 6.28. The van der Waals surface area contributed by atoms with Crippen LogP contribution in [0.1, 0.15) is 50.7 Å². The summed E-state index contributed by atoms with van der Waals surface area (Å²) < 4.78 is 10.8. The lowest BCUT2D eigenvalue weighted by Gasteiger charge is -2.47. The summed E-state index contributed by atoms with van der Waals surface area (Å²) in [6, 6.07) is 7.55. The molecule has 0 bridgehead atoms. The van der Waals surface area contributed by atoms with Gasteiger partial charge in [-0.25, -0.2) is 0 Å². The van der Waals surface area contributed by atoms with E-state index in [4.69, 9.17) is 14.5 Å². The smallest absolute Gasteiger partial charge is 0.191 e. The SMILES string of the molecule is CCNC(=NCC1(N2CCOCC2)CCCCC1)NCC(O)c1cccc(OC)c1. The van der Waals surface area contributed by atoms with Crippen LogP contribution in [-0.4, -0.2) is 74.6 Å². The molecule has 7 nitrogen and oxygen atoms in total. The van der Waals surface area contributed by atoms with Crippen LogP contribution in [0, 0.1) is 0 Å². The average Bonchev–Trinajstić information content (AvgIpc) is 2.82. The van der Waals surface area contributed by atoms with Gasteiger partial charge in [0.05, 0.1) is 33.0 Å². The summed E-state index contributed by atoms with van der Waals surface area (Å²) in [5.74, 6) is 1.51. The Labute approximate surface area is 180 Å². The van der Waals surface area contributed by atoms with Gasteiger partial charge in [0, 0.05) is 31.7 Å². The fourth-order valence-corrected chi connectivity index (χ4v) is 4.55. The Bertz CT molecular complexity index is 670. The molecule has 0 radical (unpaired) electrons. The van der Waals surface area contributed by atoms with E-state index in [2.05, 4.69) is 22.5 Å². The number of aliphatic hydroxyl groups excluding tert-OH is 1. The first-order chi connectivity index (χ1) is 14.7. The quantitative estimate of drug-likeness (QED) is 0.444. The second-order valence-corrected chi connectivity index (χ2v) is 8.25. The van der Waals surface area contributed by atoms with Gasteiger partial charge in [-0.05, 0) is 37.5 Å². The standard InChI is InChI=1S/C23H38N4O3/c1-3-24-22(25-17-21(28)19-8-7-9-20(16-19)29-2)26-18-23(10-5-4-6-11-23)27-12-14-30-15-13-27/h7-9,16,21,28H,3-6,10-15,17-18H2,1-2H3,(H2,24,25,26). The zero-order valence-electron chi connectivity index (χ0n) is 18.5. The van der Waals surface area contributed by atoms with Gasteiger partial charge in [0.2, 0.25) is 0 Å². The van der Waals surface area contributed by atoms with Gasteiger partial charge in [-0.15, -0.1) is 0 Å². The van der Waals surface area contributed by atoms with Crippen molar-refractivity contribution in [2.75, 3.05) is 53.0 Å². The Morgan fingerprint density at radius 1 is 1.23 bits per heavy atom. The van der Waals surface area contributed by atoms with Crippen molar-refractivity contribution in [3.8, 4) is 5.75 Å². The van der Waals surface area contributed by atoms with Gasteiger partial charge in [0.25, 0.3) is 0 Å². The van der Waals surface area contributed by atoms with Crippen molar-refractivity contribution in [1.29, 1.82) is 0 Å². The molecule has 1 saturated carbocycles. The molecule has 168 valence electrons. The molecule has 2 aliphatic rings. The number of ether oxygens (including phenoxy) is 2. The van der Waals surface area contributed by atoms with E-state index in [1.807, 2.05) is 24.3 Å². The van der Waals surface area contributed by atoms with Gasteiger partial charge in [-0.2, -0.15) is 0 Å². The average molecular weight is 419 g/mol. The number of morpholine rings is 1. The number of rotatable bonds is 8. The molecule has 1 heterocycles. The minimum Gasteiger partial charge on any atom is -0.497 e. The lowest BCUT2D eigenvalue weighted by Crippen LogP contribution is -2.56. The molecule has 3 rings (SSSR count). The molecule has 1 aliphatic heterocycles. The third-order valence-electron chi connectivity index (χ3n) is 6.28. The first kappa shape index (κ1) is 22.8. The van der Waals surface area contributed by atoms with Crippen molar-refractivity contribution in [3.05, 3.63) is 29.8 Å². The summed E-state index contributed by atoms with van der Waals surface area (Å²) in [5.41, 5.74) is 0.963. The Morgan fingerprint density at radius 2 is 2.00 bits per heavy atom. The number of aliphatic imine (C=N–C) groups is 1.